The van der Waals surface area contributed by atoms with Crippen molar-refractivity contribution < 1.29 is 4.79 Å². The van der Waals surface area contributed by atoms with E-state index in [-0.39, 0.29) is 12.5 Å². The molecule has 0 bridgehead atoms. The molecule has 1 aromatic heterocycles. The molecule has 0 radical (unpaired) electrons. The Bertz CT molecular complexity index is 365. The largest absolute Gasteiger partial charge is 0.361 e. The molecule has 1 heterocycles. The topological polar surface area (TPSA) is 70.2 Å². The molecule has 2 N–H and O–H groups in total. The molecule has 0 unspecified atom stereocenters. The number of nitrogens with zero attached hydrogens (tertiary/aromatic N) is 3. The van der Waals surface area contributed by atoms with Crippen molar-refractivity contribution in [2.75, 3.05) is 37.3 Å². The fraction of sp³-hybridized carbons (Fsp3) is 0.545. The summed E-state index contributed by atoms with van der Waals surface area (Å²) in [5, 5.41) is 5.83. The van der Waals surface area contributed by atoms with Gasteiger partial charge in [-0.15, -0.1) is 0 Å². The molecule has 17 heavy (non-hydrogen) atoms. The van der Waals surface area contributed by atoms with Gasteiger partial charge in [0.25, 0.3) is 0 Å². The number of carbonyl (C=O) groups is 1. The van der Waals surface area contributed by atoms with E-state index in [9.17, 15) is 4.79 Å². The van der Waals surface area contributed by atoms with Crippen LogP contribution in [0.25, 0.3) is 0 Å². The lowest BCUT2D eigenvalue weighted by atomic mass is 10.4. The Morgan fingerprint density at radius 1 is 1.41 bits per heavy atom. The molecule has 0 aliphatic carbocycles. The van der Waals surface area contributed by atoms with Crippen LogP contribution in [0, 0.1) is 0 Å². The van der Waals surface area contributed by atoms with Crippen molar-refractivity contribution in [2.45, 2.75) is 13.8 Å². The van der Waals surface area contributed by atoms with Gasteiger partial charge in [0.15, 0.2) is 0 Å². The molecular formula is C11H19N5O. The van der Waals surface area contributed by atoms with Gasteiger partial charge >= 0.3 is 0 Å². The van der Waals surface area contributed by atoms with Crippen molar-refractivity contribution >= 4 is 17.7 Å². The van der Waals surface area contributed by atoms with Gasteiger partial charge in [0.2, 0.25) is 11.9 Å². The number of carbonyl (C=O) groups excluding carboxylic acids is 1. The lowest BCUT2D eigenvalue weighted by Crippen LogP contribution is -2.35. The highest BCUT2D eigenvalue weighted by Crippen LogP contribution is 2.04. The Morgan fingerprint density at radius 3 is 2.71 bits per heavy atom. The third-order valence-corrected chi connectivity index (χ3v) is 2.42. The first-order chi connectivity index (χ1) is 8.21. The molecule has 0 saturated carbocycles. The fourth-order valence-corrected chi connectivity index (χ4v) is 1.43. The van der Waals surface area contributed by atoms with E-state index >= 15 is 0 Å². The van der Waals surface area contributed by atoms with Crippen LogP contribution in [0.1, 0.15) is 13.8 Å². The monoisotopic (exact) mass is 237 g/mol. The Balaban J connectivity index is 2.52. The normalized spacial score (nSPS) is 9.82. The SMILES string of the molecule is CCN(CC)C(=O)CNc1ccnc(NC)n1. The molecule has 1 rings (SSSR count). The van der Waals surface area contributed by atoms with E-state index < -0.39 is 0 Å². The van der Waals surface area contributed by atoms with Gasteiger partial charge < -0.3 is 15.5 Å². The summed E-state index contributed by atoms with van der Waals surface area (Å²) in [6, 6.07) is 1.73. The average molecular weight is 237 g/mol. The van der Waals surface area contributed by atoms with Gasteiger partial charge in [-0.1, -0.05) is 0 Å². The first-order valence-corrected chi connectivity index (χ1v) is 5.73. The number of rotatable bonds is 6. The summed E-state index contributed by atoms with van der Waals surface area (Å²) < 4.78 is 0. The number of hydrogen-bond donors (Lipinski definition) is 2. The molecule has 6 nitrogen and oxygen atoms in total. The van der Waals surface area contributed by atoms with E-state index in [1.807, 2.05) is 13.8 Å². The van der Waals surface area contributed by atoms with E-state index in [0.717, 1.165) is 13.1 Å². The maximum absolute atomic E-state index is 11.7. The second kappa shape index (κ2) is 6.67. The molecule has 0 spiro atoms. The number of hydrogen-bond acceptors (Lipinski definition) is 5. The Hall–Kier alpha value is -1.85. The molecule has 94 valence electrons. The zero-order valence-corrected chi connectivity index (χ0v) is 10.5. The van der Waals surface area contributed by atoms with Crippen LogP contribution < -0.4 is 10.6 Å². The van der Waals surface area contributed by atoms with E-state index in [1.165, 1.54) is 0 Å². The maximum Gasteiger partial charge on any atom is 0.241 e. The quantitative estimate of drug-likeness (QED) is 0.765. The zero-order valence-electron chi connectivity index (χ0n) is 10.5. The van der Waals surface area contributed by atoms with E-state index in [2.05, 4.69) is 20.6 Å². The predicted molar refractivity (Wildman–Crippen MR) is 68.0 cm³/mol. The molecule has 0 saturated heterocycles. The summed E-state index contributed by atoms with van der Waals surface area (Å²) in [6.07, 6.45) is 1.64. The van der Waals surface area contributed by atoms with Crippen LogP contribution in [-0.2, 0) is 4.79 Å². The first kappa shape index (κ1) is 13.2. The molecule has 0 aromatic carbocycles. The standard InChI is InChI=1S/C11H19N5O/c1-4-16(5-2)10(17)8-14-9-6-7-13-11(12-3)15-9/h6-7H,4-5,8H2,1-3H3,(H2,12,13,14,15). The molecule has 0 atom stereocenters. The molecule has 0 fully saturated rings. The summed E-state index contributed by atoms with van der Waals surface area (Å²) in [5.74, 6) is 1.25. The molecule has 0 aliphatic rings. The second-order valence-corrected chi connectivity index (χ2v) is 3.44. The highest BCUT2D eigenvalue weighted by Gasteiger charge is 2.09. The van der Waals surface area contributed by atoms with Crippen molar-refractivity contribution in [3.63, 3.8) is 0 Å². The smallest absolute Gasteiger partial charge is 0.241 e. The van der Waals surface area contributed by atoms with Gasteiger partial charge in [-0.25, -0.2) is 4.98 Å². The van der Waals surface area contributed by atoms with Gasteiger partial charge in [-0.3, -0.25) is 4.79 Å². The first-order valence-electron chi connectivity index (χ1n) is 5.73. The van der Waals surface area contributed by atoms with Crippen LogP contribution in [0.4, 0.5) is 11.8 Å². The van der Waals surface area contributed by atoms with Gasteiger partial charge in [0.1, 0.15) is 5.82 Å². The minimum atomic E-state index is 0.0691. The minimum absolute atomic E-state index is 0.0691. The van der Waals surface area contributed by atoms with Crippen LogP contribution in [0.3, 0.4) is 0 Å². The van der Waals surface area contributed by atoms with E-state index in [0.29, 0.717) is 11.8 Å². The minimum Gasteiger partial charge on any atom is -0.361 e. The lowest BCUT2D eigenvalue weighted by Gasteiger charge is -2.18. The molecule has 0 aliphatic heterocycles. The maximum atomic E-state index is 11.7. The number of aromatic nitrogens is 2. The van der Waals surface area contributed by atoms with Crippen molar-refractivity contribution in [1.29, 1.82) is 0 Å². The molecule has 6 heteroatoms. The van der Waals surface area contributed by atoms with E-state index in [1.54, 1.807) is 24.2 Å². The molecule has 1 aromatic rings. The predicted octanol–water partition coefficient (Wildman–Crippen LogP) is 0.799. The van der Waals surface area contributed by atoms with Gasteiger partial charge in [-0.05, 0) is 19.9 Å². The number of likely N-dealkylation sites (N-methyl/N-ethyl adjacent to an activating group) is 1. The Labute approximate surface area is 101 Å². The third-order valence-electron chi connectivity index (χ3n) is 2.42. The highest BCUT2D eigenvalue weighted by atomic mass is 16.2. The van der Waals surface area contributed by atoms with Gasteiger partial charge in [0.05, 0.1) is 6.54 Å². The van der Waals surface area contributed by atoms with Crippen molar-refractivity contribution in [1.82, 2.24) is 14.9 Å². The lowest BCUT2D eigenvalue weighted by molar-refractivity contribution is -0.128. The summed E-state index contributed by atoms with van der Waals surface area (Å²) in [6.45, 7) is 5.63. The van der Waals surface area contributed by atoms with Crippen LogP contribution >= 0.6 is 0 Å². The van der Waals surface area contributed by atoms with Crippen molar-refractivity contribution in [3.8, 4) is 0 Å². The van der Waals surface area contributed by atoms with Crippen LogP contribution in [0.5, 0.6) is 0 Å². The number of nitrogens with one attached hydrogen (secondary N) is 2. The van der Waals surface area contributed by atoms with E-state index in [4.69, 9.17) is 0 Å². The summed E-state index contributed by atoms with van der Waals surface area (Å²) in [7, 11) is 1.75. The molecular weight excluding hydrogens is 218 g/mol. The Morgan fingerprint density at radius 2 is 2.12 bits per heavy atom. The van der Waals surface area contributed by atoms with Gasteiger partial charge in [0, 0.05) is 26.3 Å². The zero-order chi connectivity index (χ0) is 12.7. The van der Waals surface area contributed by atoms with Crippen LogP contribution in [0.15, 0.2) is 12.3 Å². The second-order valence-electron chi connectivity index (χ2n) is 3.44. The van der Waals surface area contributed by atoms with Crippen molar-refractivity contribution in [3.05, 3.63) is 12.3 Å². The number of amides is 1. The fourth-order valence-electron chi connectivity index (χ4n) is 1.43. The van der Waals surface area contributed by atoms with Crippen molar-refractivity contribution in [2.24, 2.45) is 0 Å². The summed E-state index contributed by atoms with van der Waals surface area (Å²) in [5.41, 5.74) is 0. The summed E-state index contributed by atoms with van der Waals surface area (Å²) in [4.78, 5) is 21.7. The highest BCUT2D eigenvalue weighted by molar-refractivity contribution is 5.80. The summed E-state index contributed by atoms with van der Waals surface area (Å²) >= 11 is 0. The van der Waals surface area contributed by atoms with Gasteiger partial charge in [-0.2, -0.15) is 4.98 Å². The Kier molecular flexibility index (Phi) is 5.19. The van der Waals surface area contributed by atoms with Crippen LogP contribution in [-0.4, -0.2) is 47.5 Å². The number of anilines is 2. The third kappa shape index (κ3) is 3.90. The molecule has 1 amide bonds. The average Bonchev–Trinajstić information content (AvgIpc) is 2.38. The van der Waals surface area contributed by atoms with Crippen LogP contribution in [0.2, 0.25) is 0 Å².